The molecular weight excluding hydrogens is 396 g/mol. The fraction of sp³-hybridized carbons (Fsp3) is 0.292. The molecule has 158 valence electrons. The van der Waals surface area contributed by atoms with Crippen molar-refractivity contribution in [2.45, 2.75) is 25.0 Å². The summed E-state index contributed by atoms with van der Waals surface area (Å²) in [4.78, 5) is 15.0. The van der Waals surface area contributed by atoms with E-state index in [2.05, 4.69) is 4.90 Å². The van der Waals surface area contributed by atoms with Crippen LogP contribution in [0.1, 0.15) is 44.3 Å². The van der Waals surface area contributed by atoms with E-state index < -0.39 is 18.1 Å². The van der Waals surface area contributed by atoms with Crippen LogP contribution in [-0.2, 0) is 6.42 Å². The maximum absolute atomic E-state index is 11.3. The van der Waals surface area contributed by atoms with Crippen LogP contribution >= 0.6 is 11.3 Å². The molecule has 0 bridgehead atoms. The van der Waals surface area contributed by atoms with Crippen molar-refractivity contribution in [3.05, 3.63) is 93.7 Å². The number of aryl methyl sites for hydroxylation is 1. The molecule has 0 fully saturated rings. The Bertz CT molecular complexity index is 867. The molecule has 6 heteroatoms. The standard InChI is InChI=1S/C24H28N2O3S/c25-24(29)23-14-13-20(30-23)12-7-15-26(16-21(27)18-8-3-1-4-9-18)17-22(28)19-10-5-2-6-11-19/h1-6,8-11,13-14,21-22,27-28H,7,12,15-17H2,(H2,25,29). The van der Waals surface area contributed by atoms with Gasteiger partial charge in [-0.2, -0.15) is 0 Å². The van der Waals surface area contributed by atoms with Gasteiger partial charge in [-0.25, -0.2) is 0 Å². The van der Waals surface area contributed by atoms with Gasteiger partial charge in [0.1, 0.15) is 0 Å². The minimum Gasteiger partial charge on any atom is -0.387 e. The second-order valence-electron chi connectivity index (χ2n) is 7.35. The molecule has 2 unspecified atom stereocenters. The highest BCUT2D eigenvalue weighted by atomic mass is 32.1. The van der Waals surface area contributed by atoms with E-state index in [0.717, 1.165) is 35.4 Å². The van der Waals surface area contributed by atoms with Gasteiger partial charge < -0.3 is 15.9 Å². The number of hydrogen-bond acceptors (Lipinski definition) is 5. The summed E-state index contributed by atoms with van der Waals surface area (Å²) in [6, 6.07) is 22.8. The van der Waals surface area contributed by atoms with E-state index in [9.17, 15) is 15.0 Å². The Hall–Kier alpha value is -2.51. The van der Waals surface area contributed by atoms with Gasteiger partial charge in [-0.15, -0.1) is 11.3 Å². The predicted octanol–water partition coefficient (Wildman–Crippen LogP) is 3.55. The topological polar surface area (TPSA) is 86.8 Å². The summed E-state index contributed by atoms with van der Waals surface area (Å²) in [5.74, 6) is -0.398. The summed E-state index contributed by atoms with van der Waals surface area (Å²) < 4.78 is 0. The summed E-state index contributed by atoms with van der Waals surface area (Å²) in [5, 5.41) is 21.4. The number of aliphatic hydroxyl groups is 2. The van der Waals surface area contributed by atoms with Crippen molar-refractivity contribution in [2.75, 3.05) is 19.6 Å². The van der Waals surface area contributed by atoms with E-state index >= 15 is 0 Å². The number of nitrogens with two attached hydrogens (primary N) is 1. The molecule has 1 aromatic heterocycles. The molecule has 1 amide bonds. The van der Waals surface area contributed by atoms with Gasteiger partial charge in [0.05, 0.1) is 17.1 Å². The highest BCUT2D eigenvalue weighted by Crippen LogP contribution is 2.20. The van der Waals surface area contributed by atoms with Crippen molar-refractivity contribution in [1.29, 1.82) is 0 Å². The number of hydrogen-bond donors (Lipinski definition) is 3. The van der Waals surface area contributed by atoms with Crippen molar-refractivity contribution in [1.82, 2.24) is 4.90 Å². The van der Waals surface area contributed by atoms with E-state index in [-0.39, 0.29) is 0 Å². The summed E-state index contributed by atoms with van der Waals surface area (Å²) in [5.41, 5.74) is 7.06. The molecule has 3 rings (SSSR count). The van der Waals surface area contributed by atoms with E-state index in [0.29, 0.717) is 18.0 Å². The normalized spacial score (nSPS) is 13.3. The Morgan fingerprint density at radius 3 is 1.87 bits per heavy atom. The van der Waals surface area contributed by atoms with Crippen molar-refractivity contribution >= 4 is 17.2 Å². The number of aliphatic hydroxyl groups excluding tert-OH is 2. The molecule has 0 aliphatic heterocycles. The van der Waals surface area contributed by atoms with Gasteiger partial charge in [0.25, 0.3) is 5.91 Å². The summed E-state index contributed by atoms with van der Waals surface area (Å²) in [7, 11) is 0. The molecule has 0 aliphatic rings. The number of nitrogens with zero attached hydrogens (tertiary/aromatic N) is 1. The first-order chi connectivity index (χ1) is 14.5. The van der Waals surface area contributed by atoms with Crippen LogP contribution in [0.2, 0.25) is 0 Å². The molecule has 2 aromatic carbocycles. The summed E-state index contributed by atoms with van der Waals surface area (Å²) in [6.07, 6.45) is 0.411. The Morgan fingerprint density at radius 2 is 1.40 bits per heavy atom. The monoisotopic (exact) mass is 424 g/mol. The quantitative estimate of drug-likeness (QED) is 0.439. The fourth-order valence-corrected chi connectivity index (χ4v) is 4.33. The lowest BCUT2D eigenvalue weighted by Crippen LogP contribution is -2.33. The zero-order valence-corrected chi connectivity index (χ0v) is 17.7. The average molecular weight is 425 g/mol. The Kier molecular flexibility index (Phi) is 8.16. The van der Waals surface area contributed by atoms with Crippen molar-refractivity contribution in [3.63, 3.8) is 0 Å². The maximum Gasteiger partial charge on any atom is 0.258 e. The molecule has 0 spiro atoms. The Labute approximate surface area is 181 Å². The van der Waals surface area contributed by atoms with Crippen molar-refractivity contribution in [3.8, 4) is 0 Å². The van der Waals surface area contributed by atoms with Gasteiger partial charge in [-0.05, 0) is 42.6 Å². The van der Waals surface area contributed by atoms with Crippen LogP contribution in [0.3, 0.4) is 0 Å². The average Bonchev–Trinajstić information content (AvgIpc) is 3.24. The third-order valence-corrected chi connectivity index (χ3v) is 6.19. The highest BCUT2D eigenvalue weighted by Gasteiger charge is 2.18. The summed E-state index contributed by atoms with van der Waals surface area (Å²) in [6.45, 7) is 1.59. The maximum atomic E-state index is 11.3. The molecule has 2 atom stereocenters. The summed E-state index contributed by atoms with van der Waals surface area (Å²) >= 11 is 1.42. The molecule has 0 radical (unpaired) electrons. The lowest BCUT2D eigenvalue weighted by molar-refractivity contribution is 0.0682. The van der Waals surface area contributed by atoms with Crippen LogP contribution in [0.15, 0.2) is 72.8 Å². The number of amides is 1. The number of carbonyl (C=O) groups excluding carboxylic acids is 1. The second kappa shape index (κ2) is 11.0. The van der Waals surface area contributed by atoms with Crippen LogP contribution in [0.5, 0.6) is 0 Å². The third kappa shape index (κ3) is 6.50. The molecule has 1 heterocycles. The SMILES string of the molecule is NC(=O)c1ccc(CCCN(CC(O)c2ccccc2)CC(O)c2ccccc2)s1. The third-order valence-electron chi connectivity index (χ3n) is 5.03. The number of thiophene rings is 1. The predicted molar refractivity (Wildman–Crippen MR) is 120 cm³/mol. The molecule has 5 nitrogen and oxygen atoms in total. The Morgan fingerprint density at radius 1 is 0.867 bits per heavy atom. The largest absolute Gasteiger partial charge is 0.387 e. The van der Waals surface area contributed by atoms with E-state index in [1.165, 1.54) is 11.3 Å². The first kappa shape index (κ1) is 22.2. The van der Waals surface area contributed by atoms with E-state index in [4.69, 9.17) is 5.73 Å². The van der Waals surface area contributed by atoms with Crippen molar-refractivity contribution in [2.24, 2.45) is 5.73 Å². The number of rotatable bonds is 11. The molecular formula is C24H28N2O3S. The Balaban J connectivity index is 1.62. The van der Waals surface area contributed by atoms with Crippen LogP contribution in [0.4, 0.5) is 0 Å². The minimum absolute atomic E-state index is 0.398. The molecule has 0 aliphatic carbocycles. The lowest BCUT2D eigenvalue weighted by atomic mass is 10.1. The lowest BCUT2D eigenvalue weighted by Gasteiger charge is -2.27. The van der Waals surface area contributed by atoms with Crippen LogP contribution < -0.4 is 5.73 Å². The zero-order chi connectivity index (χ0) is 21.3. The molecule has 0 saturated heterocycles. The van der Waals surface area contributed by atoms with Crippen LogP contribution in [-0.4, -0.2) is 40.7 Å². The number of carbonyl (C=O) groups is 1. The second-order valence-corrected chi connectivity index (χ2v) is 8.51. The van der Waals surface area contributed by atoms with Gasteiger partial charge in [0.2, 0.25) is 0 Å². The molecule has 0 saturated carbocycles. The molecule has 4 N–H and O–H groups in total. The highest BCUT2D eigenvalue weighted by molar-refractivity contribution is 7.14. The fourth-order valence-electron chi connectivity index (χ4n) is 3.43. The molecule has 30 heavy (non-hydrogen) atoms. The van der Waals surface area contributed by atoms with E-state index in [1.54, 1.807) is 6.07 Å². The smallest absolute Gasteiger partial charge is 0.258 e. The minimum atomic E-state index is -0.627. The number of benzene rings is 2. The van der Waals surface area contributed by atoms with Gasteiger partial charge >= 0.3 is 0 Å². The van der Waals surface area contributed by atoms with Crippen LogP contribution in [0.25, 0.3) is 0 Å². The number of primary amides is 1. The van der Waals surface area contributed by atoms with Gasteiger partial charge in [0, 0.05) is 18.0 Å². The first-order valence-corrected chi connectivity index (χ1v) is 10.9. The van der Waals surface area contributed by atoms with Crippen molar-refractivity contribution < 1.29 is 15.0 Å². The van der Waals surface area contributed by atoms with Crippen LogP contribution in [0, 0.1) is 0 Å². The zero-order valence-electron chi connectivity index (χ0n) is 16.9. The van der Waals surface area contributed by atoms with E-state index in [1.807, 2.05) is 66.7 Å². The first-order valence-electron chi connectivity index (χ1n) is 10.1. The van der Waals surface area contributed by atoms with Gasteiger partial charge in [0.15, 0.2) is 0 Å². The molecule has 3 aromatic rings. The van der Waals surface area contributed by atoms with Gasteiger partial charge in [-0.1, -0.05) is 60.7 Å². The van der Waals surface area contributed by atoms with Gasteiger partial charge in [-0.3, -0.25) is 9.69 Å².